The van der Waals surface area contributed by atoms with Crippen LogP contribution in [0.3, 0.4) is 0 Å². The molecule has 2 aromatic heterocycles. The number of nitrogens with one attached hydrogen (secondary N) is 1. The van der Waals surface area contributed by atoms with Gasteiger partial charge >= 0.3 is 6.09 Å². The second-order valence-corrected chi connectivity index (χ2v) is 9.16. The Labute approximate surface area is 227 Å². The van der Waals surface area contributed by atoms with Gasteiger partial charge in [0.25, 0.3) is 0 Å². The van der Waals surface area contributed by atoms with E-state index < -0.39 is 17.7 Å². The lowest BCUT2D eigenvalue weighted by molar-refractivity contribution is 0.142. The van der Waals surface area contributed by atoms with Crippen molar-refractivity contribution in [2.75, 3.05) is 38.2 Å². The maximum absolute atomic E-state index is 16.3. The number of anilines is 1. The van der Waals surface area contributed by atoms with Crippen molar-refractivity contribution in [1.29, 1.82) is 0 Å². The third-order valence-corrected chi connectivity index (χ3v) is 6.69. The first kappa shape index (κ1) is 26.4. The van der Waals surface area contributed by atoms with Gasteiger partial charge < -0.3 is 25.0 Å². The molecule has 0 aliphatic carbocycles. The first-order valence-electron chi connectivity index (χ1n) is 12.1. The fourth-order valence-electron chi connectivity index (χ4n) is 4.51. The van der Waals surface area contributed by atoms with Gasteiger partial charge in [0.2, 0.25) is 0 Å². The van der Waals surface area contributed by atoms with Crippen LogP contribution in [0.5, 0.6) is 5.75 Å². The molecule has 3 heterocycles. The van der Waals surface area contributed by atoms with Crippen LogP contribution in [0.1, 0.15) is 11.6 Å². The van der Waals surface area contributed by atoms with Gasteiger partial charge in [0.15, 0.2) is 5.82 Å². The number of ether oxygens (including phenoxy) is 1. The first-order chi connectivity index (χ1) is 18.9. The van der Waals surface area contributed by atoms with Crippen LogP contribution >= 0.6 is 11.6 Å². The average Bonchev–Trinajstić information content (AvgIpc) is 2.94. The molecule has 0 saturated carbocycles. The van der Waals surface area contributed by atoms with Crippen molar-refractivity contribution in [1.82, 2.24) is 30.2 Å². The summed E-state index contributed by atoms with van der Waals surface area (Å²) < 4.78 is 36.5. The molecule has 0 unspecified atom stereocenters. The van der Waals surface area contributed by atoms with Crippen molar-refractivity contribution < 1.29 is 23.4 Å². The maximum atomic E-state index is 16.3. The van der Waals surface area contributed by atoms with Crippen LogP contribution in [0.25, 0.3) is 22.0 Å². The normalized spacial score (nSPS) is 13.6. The summed E-state index contributed by atoms with van der Waals surface area (Å²) in [5, 5.41) is 12.8. The molecule has 0 radical (unpaired) electrons. The molecule has 0 spiro atoms. The Morgan fingerprint density at radius 1 is 1.05 bits per heavy atom. The van der Waals surface area contributed by atoms with Gasteiger partial charge in [-0.1, -0.05) is 17.7 Å². The molecule has 4 aromatic rings. The molecule has 2 aromatic carbocycles. The number of carboxylic acid groups (broad SMARTS) is 1. The molecule has 0 atom stereocenters. The molecule has 202 valence electrons. The van der Waals surface area contributed by atoms with E-state index in [0.717, 1.165) is 0 Å². The van der Waals surface area contributed by atoms with Gasteiger partial charge in [-0.2, -0.15) is 0 Å². The number of aromatic nitrogens is 4. The Hall–Kier alpha value is -4.16. The highest BCUT2D eigenvalue weighted by Crippen LogP contribution is 2.42. The van der Waals surface area contributed by atoms with Crippen molar-refractivity contribution in [2.24, 2.45) is 0 Å². The van der Waals surface area contributed by atoms with Gasteiger partial charge in [-0.05, 0) is 24.3 Å². The monoisotopic (exact) mass is 555 g/mol. The van der Waals surface area contributed by atoms with Crippen molar-refractivity contribution >= 4 is 34.4 Å². The molecular formula is C26H24ClF2N7O3. The highest BCUT2D eigenvalue weighted by Gasteiger charge is 2.27. The zero-order valence-corrected chi connectivity index (χ0v) is 21.6. The Kier molecular flexibility index (Phi) is 7.66. The summed E-state index contributed by atoms with van der Waals surface area (Å²) in [7, 11) is 1.36. The molecule has 13 heteroatoms. The summed E-state index contributed by atoms with van der Waals surface area (Å²) >= 11 is 6.56. The average molecular weight is 556 g/mol. The van der Waals surface area contributed by atoms with Gasteiger partial charge in [-0.15, -0.1) is 0 Å². The van der Waals surface area contributed by atoms with Crippen LogP contribution in [-0.4, -0.2) is 69.3 Å². The quantitative estimate of drug-likeness (QED) is 0.347. The lowest BCUT2D eigenvalue weighted by atomic mass is 10.0. The summed E-state index contributed by atoms with van der Waals surface area (Å²) in [5.74, 6) is -0.138. The number of hydrogen-bond acceptors (Lipinski definition) is 8. The zero-order valence-electron chi connectivity index (χ0n) is 20.9. The zero-order chi connectivity index (χ0) is 27.5. The van der Waals surface area contributed by atoms with E-state index >= 15 is 4.39 Å². The van der Waals surface area contributed by atoms with Crippen molar-refractivity contribution in [3.63, 3.8) is 0 Å². The van der Waals surface area contributed by atoms with Crippen molar-refractivity contribution in [3.8, 4) is 16.9 Å². The highest BCUT2D eigenvalue weighted by molar-refractivity contribution is 6.34. The number of methoxy groups -OCH3 is 1. The van der Waals surface area contributed by atoms with Gasteiger partial charge in [-0.25, -0.2) is 33.5 Å². The molecule has 0 bridgehead atoms. The second-order valence-electron chi connectivity index (χ2n) is 8.75. The van der Waals surface area contributed by atoms with Crippen LogP contribution < -0.4 is 15.0 Å². The van der Waals surface area contributed by atoms with Crippen LogP contribution in [0, 0.1) is 11.6 Å². The van der Waals surface area contributed by atoms with Gasteiger partial charge in [0.05, 0.1) is 30.8 Å². The number of hydrogen-bond donors (Lipinski definition) is 2. The SMILES string of the molecule is COc1cccc(F)c1-c1c(Cl)cc2c(N3CCN(C(=O)O)CC3)nc(CNCc3ncccn3)nc2c1F. The number of benzene rings is 2. The third kappa shape index (κ3) is 5.38. The summed E-state index contributed by atoms with van der Waals surface area (Å²) in [6.07, 6.45) is 2.25. The molecule has 1 saturated heterocycles. The number of piperazine rings is 1. The summed E-state index contributed by atoms with van der Waals surface area (Å²) in [6.45, 7) is 1.67. The third-order valence-electron chi connectivity index (χ3n) is 6.39. The molecule has 2 N–H and O–H groups in total. The number of carbonyl (C=O) groups is 1. The number of nitrogens with zero attached hydrogens (tertiary/aromatic N) is 6. The minimum atomic E-state index is -1.01. The highest BCUT2D eigenvalue weighted by atomic mass is 35.5. The van der Waals surface area contributed by atoms with E-state index in [0.29, 0.717) is 36.7 Å². The smallest absolute Gasteiger partial charge is 0.407 e. The van der Waals surface area contributed by atoms with E-state index in [1.54, 1.807) is 18.5 Å². The predicted molar refractivity (Wildman–Crippen MR) is 141 cm³/mol. The largest absolute Gasteiger partial charge is 0.496 e. The summed E-state index contributed by atoms with van der Waals surface area (Å²) in [5.41, 5.74) is -0.324. The molecule has 10 nitrogen and oxygen atoms in total. The predicted octanol–water partition coefficient (Wildman–Crippen LogP) is 4.12. The molecule has 1 fully saturated rings. The summed E-state index contributed by atoms with van der Waals surface area (Å²) in [6, 6.07) is 7.40. The molecule has 1 amide bonds. The van der Waals surface area contributed by atoms with Crippen molar-refractivity contribution in [3.05, 3.63) is 71.0 Å². The fraction of sp³-hybridized carbons (Fsp3) is 0.269. The number of fused-ring (bicyclic) bond motifs is 1. The van der Waals surface area contributed by atoms with Crippen LogP contribution in [-0.2, 0) is 13.1 Å². The first-order valence-corrected chi connectivity index (χ1v) is 12.5. The number of amides is 1. The molecule has 39 heavy (non-hydrogen) atoms. The molecule has 1 aliphatic heterocycles. The van der Waals surface area contributed by atoms with Crippen molar-refractivity contribution in [2.45, 2.75) is 13.1 Å². The Morgan fingerprint density at radius 2 is 1.77 bits per heavy atom. The Bertz CT molecular complexity index is 1520. The Balaban J connectivity index is 1.60. The van der Waals surface area contributed by atoms with Gasteiger partial charge in [-0.3, -0.25) is 0 Å². The minimum absolute atomic E-state index is 0.0375. The molecule has 1 aliphatic rings. The van der Waals surface area contributed by atoms with E-state index in [1.165, 1.54) is 36.3 Å². The van der Waals surface area contributed by atoms with E-state index in [-0.39, 0.29) is 52.9 Å². The van der Waals surface area contributed by atoms with Gasteiger partial charge in [0, 0.05) is 49.5 Å². The van der Waals surface area contributed by atoms with E-state index in [2.05, 4.69) is 25.3 Å². The maximum Gasteiger partial charge on any atom is 0.407 e. The number of halogens is 3. The number of rotatable bonds is 7. The second kappa shape index (κ2) is 11.3. The van der Waals surface area contributed by atoms with Crippen LogP contribution in [0.4, 0.5) is 19.4 Å². The minimum Gasteiger partial charge on any atom is -0.496 e. The van der Waals surface area contributed by atoms with E-state index in [9.17, 15) is 14.3 Å². The van der Waals surface area contributed by atoms with E-state index in [1.807, 2.05) is 4.90 Å². The summed E-state index contributed by atoms with van der Waals surface area (Å²) in [4.78, 5) is 32.1. The topological polar surface area (TPSA) is 117 Å². The van der Waals surface area contributed by atoms with Gasteiger partial charge in [0.1, 0.15) is 34.6 Å². The Morgan fingerprint density at radius 3 is 2.46 bits per heavy atom. The van der Waals surface area contributed by atoms with Crippen LogP contribution in [0.2, 0.25) is 5.02 Å². The lowest BCUT2D eigenvalue weighted by Crippen LogP contribution is -2.48. The standard InChI is InChI=1S/C26H24ClF2N7O3/c1-39-18-5-2-4-17(28)22(18)21-16(27)12-15-24(23(21)29)33-20(14-30-13-19-31-6-3-7-32-19)34-25(15)35-8-10-36(11-9-35)26(37)38/h2-7,12,30H,8-11,13-14H2,1H3,(H,37,38). The van der Waals surface area contributed by atoms with E-state index in [4.69, 9.17) is 16.3 Å². The lowest BCUT2D eigenvalue weighted by Gasteiger charge is -2.34. The molecule has 5 rings (SSSR count). The van der Waals surface area contributed by atoms with Crippen LogP contribution in [0.15, 0.2) is 42.7 Å². The fourth-order valence-corrected chi connectivity index (χ4v) is 4.79. The molecular weight excluding hydrogens is 532 g/mol.